The summed E-state index contributed by atoms with van der Waals surface area (Å²) in [6, 6.07) is 0. The molecule has 0 spiro atoms. The third-order valence-corrected chi connectivity index (χ3v) is 2.45. The number of hydrogen-bond acceptors (Lipinski definition) is 5. The molecule has 0 aliphatic rings. The van der Waals surface area contributed by atoms with Gasteiger partial charge in [-0.2, -0.15) is 4.80 Å². The van der Waals surface area contributed by atoms with Crippen molar-refractivity contribution in [3.8, 4) is 0 Å². The molecule has 0 saturated carbocycles. The molecule has 0 aliphatic carbocycles. The third-order valence-electron chi connectivity index (χ3n) is 1.30. The molecule has 0 aromatic carbocycles. The molecular weight excluding hydrogens is 176 g/mol. The van der Waals surface area contributed by atoms with Crippen LogP contribution < -0.4 is 0 Å². The van der Waals surface area contributed by atoms with Crippen LogP contribution in [0.1, 0.15) is 12.7 Å². The van der Waals surface area contributed by atoms with Crippen LogP contribution in [0, 0.1) is 0 Å². The maximum atomic E-state index is 8.74. The molecule has 1 aromatic rings. The first-order valence-corrected chi connectivity index (χ1v) is 4.72. The van der Waals surface area contributed by atoms with Crippen LogP contribution in [0.5, 0.6) is 0 Å². The van der Waals surface area contributed by atoms with Crippen molar-refractivity contribution in [2.75, 3.05) is 6.61 Å². The highest BCUT2D eigenvalue weighted by molar-refractivity contribution is 7.99. The number of aryl methyl sites for hydroxylation is 1. The Morgan fingerprint density at radius 1 is 1.67 bits per heavy atom. The summed E-state index contributed by atoms with van der Waals surface area (Å²) in [6.07, 6.45) is 0. The Hall–Kier alpha value is -0.620. The SMILES string of the molecule is CC(CO)SCc1nnn(C)n1. The number of hydrogen-bond donors (Lipinski definition) is 1. The van der Waals surface area contributed by atoms with E-state index in [1.165, 1.54) is 4.80 Å². The highest BCUT2D eigenvalue weighted by Gasteiger charge is 2.04. The highest BCUT2D eigenvalue weighted by atomic mass is 32.2. The van der Waals surface area contributed by atoms with Gasteiger partial charge in [0.15, 0.2) is 5.82 Å². The minimum atomic E-state index is 0.185. The van der Waals surface area contributed by atoms with Gasteiger partial charge in [0.1, 0.15) is 0 Å². The molecule has 68 valence electrons. The average Bonchev–Trinajstić information content (AvgIpc) is 2.47. The van der Waals surface area contributed by atoms with E-state index in [0.717, 1.165) is 0 Å². The normalized spacial score (nSPS) is 13.2. The van der Waals surface area contributed by atoms with Gasteiger partial charge in [-0.1, -0.05) is 6.92 Å². The zero-order valence-corrected chi connectivity index (χ0v) is 7.95. The highest BCUT2D eigenvalue weighted by Crippen LogP contribution is 2.13. The van der Waals surface area contributed by atoms with Crippen molar-refractivity contribution in [3.63, 3.8) is 0 Å². The Bertz CT molecular complexity index is 239. The van der Waals surface area contributed by atoms with Crippen LogP contribution in [0.4, 0.5) is 0 Å². The van der Waals surface area contributed by atoms with E-state index in [1.807, 2.05) is 6.92 Å². The van der Waals surface area contributed by atoms with E-state index in [1.54, 1.807) is 18.8 Å². The van der Waals surface area contributed by atoms with Crippen molar-refractivity contribution in [1.29, 1.82) is 0 Å². The van der Waals surface area contributed by atoms with Gasteiger partial charge >= 0.3 is 0 Å². The molecule has 0 fully saturated rings. The Labute approximate surface area is 75.2 Å². The summed E-state index contributed by atoms with van der Waals surface area (Å²) < 4.78 is 0. The molecule has 0 aliphatic heterocycles. The van der Waals surface area contributed by atoms with Gasteiger partial charge in [-0.15, -0.1) is 22.0 Å². The fourth-order valence-electron chi connectivity index (χ4n) is 0.651. The van der Waals surface area contributed by atoms with Crippen LogP contribution in [0.2, 0.25) is 0 Å². The molecule has 1 atom stereocenters. The van der Waals surface area contributed by atoms with Crippen molar-refractivity contribution < 1.29 is 5.11 Å². The maximum Gasteiger partial charge on any atom is 0.184 e. The first-order valence-electron chi connectivity index (χ1n) is 3.67. The summed E-state index contributed by atoms with van der Waals surface area (Å²) in [5.74, 6) is 1.41. The number of nitrogens with zero attached hydrogens (tertiary/aromatic N) is 4. The molecule has 5 nitrogen and oxygen atoms in total. The third kappa shape index (κ3) is 2.78. The fraction of sp³-hybridized carbons (Fsp3) is 0.833. The van der Waals surface area contributed by atoms with Crippen LogP contribution in [-0.2, 0) is 12.8 Å². The minimum Gasteiger partial charge on any atom is -0.395 e. The molecule has 6 heteroatoms. The van der Waals surface area contributed by atoms with Gasteiger partial charge in [0.2, 0.25) is 0 Å². The molecule has 0 saturated heterocycles. The average molecular weight is 188 g/mol. The van der Waals surface area contributed by atoms with Gasteiger partial charge in [-0.05, 0) is 5.21 Å². The lowest BCUT2D eigenvalue weighted by Crippen LogP contribution is -2.03. The number of aromatic nitrogens is 4. The number of thioether (sulfide) groups is 1. The first-order chi connectivity index (χ1) is 5.72. The Balaban J connectivity index is 2.33. The summed E-state index contributed by atoms with van der Waals surface area (Å²) in [5.41, 5.74) is 0. The van der Waals surface area contributed by atoms with Gasteiger partial charge in [0.05, 0.1) is 19.4 Å². The molecule has 12 heavy (non-hydrogen) atoms. The summed E-state index contributed by atoms with van der Waals surface area (Å²) in [6.45, 7) is 2.14. The van der Waals surface area contributed by atoms with E-state index in [9.17, 15) is 0 Å². The first kappa shape index (κ1) is 9.47. The zero-order valence-electron chi connectivity index (χ0n) is 7.14. The van der Waals surface area contributed by atoms with Gasteiger partial charge < -0.3 is 5.11 Å². The molecular formula is C6H12N4OS. The van der Waals surface area contributed by atoms with E-state index < -0.39 is 0 Å². The summed E-state index contributed by atoms with van der Waals surface area (Å²) in [7, 11) is 1.73. The van der Waals surface area contributed by atoms with Crippen molar-refractivity contribution in [2.24, 2.45) is 7.05 Å². The number of aliphatic hydroxyl groups is 1. The second kappa shape index (κ2) is 4.42. The lowest BCUT2D eigenvalue weighted by molar-refractivity contribution is 0.300. The largest absolute Gasteiger partial charge is 0.395 e. The van der Waals surface area contributed by atoms with E-state index in [-0.39, 0.29) is 11.9 Å². The number of rotatable bonds is 4. The van der Waals surface area contributed by atoms with Crippen molar-refractivity contribution in [3.05, 3.63) is 5.82 Å². The summed E-state index contributed by atoms with van der Waals surface area (Å²) in [4.78, 5) is 1.43. The van der Waals surface area contributed by atoms with Crippen LogP contribution in [-0.4, -0.2) is 37.2 Å². The zero-order chi connectivity index (χ0) is 8.97. The molecule has 0 radical (unpaired) electrons. The molecule has 1 aromatic heterocycles. The molecule has 1 N–H and O–H groups in total. The van der Waals surface area contributed by atoms with Gasteiger partial charge in [0, 0.05) is 5.25 Å². The van der Waals surface area contributed by atoms with Crippen LogP contribution in [0.15, 0.2) is 0 Å². The summed E-state index contributed by atoms with van der Waals surface area (Å²) >= 11 is 1.61. The number of aliphatic hydroxyl groups excluding tert-OH is 1. The fourth-order valence-corrected chi connectivity index (χ4v) is 1.31. The van der Waals surface area contributed by atoms with Crippen LogP contribution in [0.25, 0.3) is 0 Å². The Morgan fingerprint density at radius 2 is 2.42 bits per heavy atom. The molecule has 0 amide bonds. The monoisotopic (exact) mass is 188 g/mol. The number of tetrazole rings is 1. The quantitative estimate of drug-likeness (QED) is 0.710. The lowest BCUT2D eigenvalue weighted by Gasteiger charge is -2.03. The molecule has 0 bridgehead atoms. The topological polar surface area (TPSA) is 63.8 Å². The maximum absolute atomic E-state index is 8.74. The van der Waals surface area contributed by atoms with E-state index in [4.69, 9.17) is 5.11 Å². The second-order valence-corrected chi connectivity index (χ2v) is 3.93. The second-order valence-electron chi connectivity index (χ2n) is 2.50. The summed E-state index contributed by atoms with van der Waals surface area (Å²) in [5, 5.41) is 20.5. The van der Waals surface area contributed by atoms with E-state index in [0.29, 0.717) is 11.6 Å². The van der Waals surface area contributed by atoms with Crippen molar-refractivity contribution in [1.82, 2.24) is 20.2 Å². The predicted molar refractivity (Wildman–Crippen MR) is 46.6 cm³/mol. The minimum absolute atomic E-state index is 0.185. The molecule has 1 rings (SSSR count). The molecule has 1 unspecified atom stereocenters. The Kier molecular flexibility index (Phi) is 3.48. The van der Waals surface area contributed by atoms with E-state index >= 15 is 0 Å². The van der Waals surface area contributed by atoms with Crippen molar-refractivity contribution >= 4 is 11.8 Å². The van der Waals surface area contributed by atoms with E-state index in [2.05, 4.69) is 15.4 Å². The predicted octanol–water partition coefficient (Wildman–Crippen LogP) is -0.176. The van der Waals surface area contributed by atoms with Crippen LogP contribution in [0.3, 0.4) is 0 Å². The standard InChI is InChI=1S/C6H12N4OS/c1-5(3-11)12-4-6-7-9-10(2)8-6/h5,11H,3-4H2,1-2H3. The van der Waals surface area contributed by atoms with Gasteiger partial charge in [-0.3, -0.25) is 0 Å². The molecule has 1 heterocycles. The lowest BCUT2D eigenvalue weighted by atomic mass is 10.5. The smallest absolute Gasteiger partial charge is 0.184 e. The Morgan fingerprint density at radius 3 is 2.92 bits per heavy atom. The van der Waals surface area contributed by atoms with Gasteiger partial charge in [0.25, 0.3) is 0 Å². The van der Waals surface area contributed by atoms with Crippen molar-refractivity contribution in [2.45, 2.75) is 17.9 Å². The van der Waals surface area contributed by atoms with Gasteiger partial charge in [-0.25, -0.2) is 0 Å². The van der Waals surface area contributed by atoms with Crippen LogP contribution >= 0.6 is 11.8 Å².